The van der Waals surface area contributed by atoms with Crippen LogP contribution in [0, 0.1) is 0 Å². The molecule has 1 aliphatic heterocycles. The standard InChI is InChI=1S/C25H24ClNO3/c26-20-11-6-10-19(16-20)24(27-15-7-13-22(27)25(28)29)21-12-4-5-14-23(21)30-17-18-8-2-1-3-9-18/h1-6,8-12,14,16,22,24H,7,13,15,17H2,(H,28,29). The van der Waals surface area contributed by atoms with Gasteiger partial charge in [-0.25, -0.2) is 0 Å². The zero-order chi connectivity index (χ0) is 20.9. The van der Waals surface area contributed by atoms with Gasteiger partial charge < -0.3 is 9.84 Å². The monoisotopic (exact) mass is 421 g/mol. The Morgan fingerprint density at radius 3 is 2.60 bits per heavy atom. The molecule has 154 valence electrons. The van der Waals surface area contributed by atoms with E-state index in [9.17, 15) is 9.90 Å². The highest BCUT2D eigenvalue weighted by atomic mass is 35.5. The highest BCUT2D eigenvalue weighted by Crippen LogP contribution is 2.39. The maximum atomic E-state index is 11.9. The first kappa shape index (κ1) is 20.5. The maximum Gasteiger partial charge on any atom is 0.320 e. The Balaban J connectivity index is 1.73. The molecule has 3 aromatic rings. The molecule has 0 bridgehead atoms. The first-order chi connectivity index (χ1) is 14.6. The van der Waals surface area contributed by atoms with Crippen LogP contribution in [0.4, 0.5) is 0 Å². The third kappa shape index (κ3) is 4.50. The fourth-order valence-electron chi connectivity index (χ4n) is 4.16. The van der Waals surface area contributed by atoms with Gasteiger partial charge in [0.25, 0.3) is 0 Å². The van der Waals surface area contributed by atoms with Crippen LogP contribution in [0.25, 0.3) is 0 Å². The quantitative estimate of drug-likeness (QED) is 0.542. The average molecular weight is 422 g/mol. The second kappa shape index (κ2) is 9.33. The molecule has 1 aliphatic rings. The van der Waals surface area contributed by atoms with Gasteiger partial charge in [-0.3, -0.25) is 9.69 Å². The van der Waals surface area contributed by atoms with E-state index in [0.29, 0.717) is 24.6 Å². The van der Waals surface area contributed by atoms with E-state index in [4.69, 9.17) is 16.3 Å². The van der Waals surface area contributed by atoms with E-state index in [0.717, 1.165) is 28.9 Å². The minimum Gasteiger partial charge on any atom is -0.489 e. The Labute approximate surface area is 181 Å². The lowest BCUT2D eigenvalue weighted by molar-refractivity contribution is -0.142. The second-order valence-electron chi connectivity index (χ2n) is 7.50. The van der Waals surface area contributed by atoms with Crippen molar-refractivity contribution in [3.63, 3.8) is 0 Å². The Morgan fingerprint density at radius 1 is 1.07 bits per heavy atom. The number of carboxylic acids is 1. The topological polar surface area (TPSA) is 49.8 Å². The molecule has 2 unspecified atom stereocenters. The molecular formula is C25H24ClNO3. The van der Waals surface area contributed by atoms with Crippen molar-refractivity contribution in [2.24, 2.45) is 0 Å². The number of ether oxygens (including phenoxy) is 1. The summed E-state index contributed by atoms with van der Waals surface area (Å²) in [5, 5.41) is 10.4. The van der Waals surface area contributed by atoms with Crippen LogP contribution in [0.3, 0.4) is 0 Å². The summed E-state index contributed by atoms with van der Waals surface area (Å²) >= 11 is 6.30. The summed E-state index contributed by atoms with van der Waals surface area (Å²) in [4.78, 5) is 14.0. The smallest absolute Gasteiger partial charge is 0.320 e. The number of nitrogens with zero attached hydrogens (tertiary/aromatic N) is 1. The number of hydrogen-bond donors (Lipinski definition) is 1. The Kier molecular flexibility index (Phi) is 6.36. The van der Waals surface area contributed by atoms with Crippen molar-refractivity contribution in [1.82, 2.24) is 4.90 Å². The SMILES string of the molecule is O=C(O)C1CCCN1C(c1cccc(Cl)c1)c1ccccc1OCc1ccccc1. The molecule has 0 radical (unpaired) electrons. The van der Waals surface area contributed by atoms with Gasteiger partial charge in [0.2, 0.25) is 0 Å². The number of aliphatic carboxylic acids is 1. The van der Waals surface area contributed by atoms with E-state index in [1.807, 2.05) is 78.9 Å². The van der Waals surface area contributed by atoms with Gasteiger partial charge in [0.15, 0.2) is 0 Å². The van der Waals surface area contributed by atoms with Gasteiger partial charge in [0.1, 0.15) is 18.4 Å². The molecule has 1 saturated heterocycles. The molecule has 3 aromatic carbocycles. The third-order valence-corrected chi connectivity index (χ3v) is 5.76. The Hall–Kier alpha value is -2.82. The fraction of sp³-hybridized carbons (Fsp3) is 0.240. The van der Waals surface area contributed by atoms with Crippen LogP contribution >= 0.6 is 11.6 Å². The largest absolute Gasteiger partial charge is 0.489 e. The average Bonchev–Trinajstić information content (AvgIpc) is 3.24. The molecule has 1 heterocycles. The van der Waals surface area contributed by atoms with Gasteiger partial charge in [0, 0.05) is 17.1 Å². The molecule has 4 nitrogen and oxygen atoms in total. The third-order valence-electron chi connectivity index (χ3n) is 5.53. The van der Waals surface area contributed by atoms with Crippen molar-refractivity contribution < 1.29 is 14.6 Å². The van der Waals surface area contributed by atoms with Crippen molar-refractivity contribution in [3.05, 3.63) is 101 Å². The molecular weight excluding hydrogens is 398 g/mol. The van der Waals surface area contributed by atoms with Crippen LogP contribution in [-0.2, 0) is 11.4 Å². The number of halogens is 1. The molecule has 0 aliphatic carbocycles. The van der Waals surface area contributed by atoms with E-state index in [1.165, 1.54) is 0 Å². The van der Waals surface area contributed by atoms with Crippen molar-refractivity contribution in [2.45, 2.75) is 31.5 Å². The number of para-hydroxylation sites is 1. The molecule has 4 rings (SSSR count). The lowest BCUT2D eigenvalue weighted by Gasteiger charge is -2.33. The van der Waals surface area contributed by atoms with Crippen molar-refractivity contribution in [3.8, 4) is 5.75 Å². The first-order valence-corrected chi connectivity index (χ1v) is 10.5. The number of rotatable bonds is 7. The molecule has 1 fully saturated rings. The summed E-state index contributed by atoms with van der Waals surface area (Å²) in [6, 6.07) is 24.7. The van der Waals surface area contributed by atoms with Gasteiger partial charge in [0.05, 0.1) is 6.04 Å². The number of hydrogen-bond acceptors (Lipinski definition) is 3. The predicted molar refractivity (Wildman–Crippen MR) is 118 cm³/mol. The van der Waals surface area contributed by atoms with Crippen LogP contribution in [-0.4, -0.2) is 28.6 Å². The predicted octanol–water partition coefficient (Wildman–Crippen LogP) is 5.56. The van der Waals surface area contributed by atoms with Gasteiger partial charge in [-0.1, -0.05) is 72.3 Å². The summed E-state index contributed by atoms with van der Waals surface area (Å²) < 4.78 is 6.20. The van der Waals surface area contributed by atoms with Crippen molar-refractivity contribution >= 4 is 17.6 Å². The minimum atomic E-state index is -0.790. The minimum absolute atomic E-state index is 0.251. The lowest BCUT2D eigenvalue weighted by Crippen LogP contribution is -2.39. The zero-order valence-corrected chi connectivity index (χ0v) is 17.3. The van der Waals surface area contributed by atoms with E-state index < -0.39 is 12.0 Å². The lowest BCUT2D eigenvalue weighted by atomic mass is 9.95. The Morgan fingerprint density at radius 2 is 1.83 bits per heavy atom. The summed E-state index contributed by atoms with van der Waals surface area (Å²) in [6.07, 6.45) is 1.49. The Bertz CT molecular complexity index is 1010. The number of benzene rings is 3. The molecule has 0 aromatic heterocycles. The summed E-state index contributed by atoms with van der Waals surface area (Å²) in [6.45, 7) is 1.16. The normalized spacial score (nSPS) is 17.6. The van der Waals surface area contributed by atoms with E-state index in [2.05, 4.69) is 4.90 Å². The van der Waals surface area contributed by atoms with Gasteiger partial charge in [-0.05, 0) is 42.2 Å². The van der Waals surface area contributed by atoms with Crippen molar-refractivity contribution in [2.75, 3.05) is 6.54 Å². The fourth-order valence-corrected chi connectivity index (χ4v) is 4.36. The maximum absolute atomic E-state index is 11.9. The van der Waals surface area contributed by atoms with E-state index >= 15 is 0 Å². The number of carboxylic acid groups (broad SMARTS) is 1. The van der Waals surface area contributed by atoms with E-state index in [-0.39, 0.29) is 6.04 Å². The molecule has 0 spiro atoms. The number of carbonyl (C=O) groups is 1. The molecule has 5 heteroatoms. The van der Waals surface area contributed by atoms with Crippen LogP contribution < -0.4 is 4.74 Å². The number of likely N-dealkylation sites (tertiary alicyclic amines) is 1. The molecule has 0 amide bonds. The summed E-state index contributed by atoms with van der Waals surface area (Å²) in [7, 11) is 0. The highest BCUT2D eigenvalue weighted by Gasteiger charge is 2.37. The van der Waals surface area contributed by atoms with Gasteiger partial charge in [-0.15, -0.1) is 0 Å². The molecule has 2 atom stereocenters. The highest BCUT2D eigenvalue weighted by molar-refractivity contribution is 6.30. The van der Waals surface area contributed by atoms with Crippen LogP contribution in [0.2, 0.25) is 5.02 Å². The first-order valence-electron chi connectivity index (χ1n) is 10.1. The van der Waals surface area contributed by atoms with Gasteiger partial charge >= 0.3 is 5.97 Å². The summed E-state index contributed by atoms with van der Waals surface area (Å²) in [5.74, 6) is -0.0374. The van der Waals surface area contributed by atoms with Crippen LogP contribution in [0.5, 0.6) is 5.75 Å². The van der Waals surface area contributed by atoms with Crippen LogP contribution in [0.1, 0.15) is 35.6 Å². The zero-order valence-electron chi connectivity index (χ0n) is 16.6. The molecule has 30 heavy (non-hydrogen) atoms. The van der Waals surface area contributed by atoms with Crippen LogP contribution in [0.15, 0.2) is 78.9 Å². The van der Waals surface area contributed by atoms with Crippen molar-refractivity contribution in [1.29, 1.82) is 0 Å². The second-order valence-corrected chi connectivity index (χ2v) is 7.94. The van der Waals surface area contributed by atoms with E-state index in [1.54, 1.807) is 0 Å². The molecule has 0 saturated carbocycles. The van der Waals surface area contributed by atoms with Gasteiger partial charge in [-0.2, -0.15) is 0 Å². The summed E-state index contributed by atoms with van der Waals surface area (Å²) in [5.41, 5.74) is 2.99. The molecule has 1 N–H and O–H groups in total.